The highest BCUT2D eigenvalue weighted by Gasteiger charge is 2.39. The van der Waals surface area contributed by atoms with E-state index in [2.05, 4.69) is 21.4 Å². The molecule has 3 aromatic heterocycles. The summed E-state index contributed by atoms with van der Waals surface area (Å²) >= 11 is 1.47. The van der Waals surface area contributed by atoms with E-state index in [9.17, 15) is 14.8 Å². The van der Waals surface area contributed by atoms with Crippen molar-refractivity contribution in [1.29, 1.82) is 5.26 Å². The molecule has 0 atom stereocenters. The van der Waals surface area contributed by atoms with Crippen molar-refractivity contribution >= 4 is 28.1 Å². The Hall–Kier alpha value is -3.52. The highest BCUT2D eigenvalue weighted by Crippen LogP contribution is 2.37. The van der Waals surface area contributed by atoms with Crippen LogP contribution in [0, 0.1) is 17.1 Å². The fraction of sp³-hybridized carbons (Fsp3) is 0.261. The molecular weight excluding hydrogens is 445 g/mol. The summed E-state index contributed by atoms with van der Waals surface area (Å²) in [6.45, 7) is 1.37. The first-order valence-electron chi connectivity index (χ1n) is 10.2. The number of fused-ring (bicyclic) bond motifs is 1. The summed E-state index contributed by atoms with van der Waals surface area (Å²) in [4.78, 5) is 10.4. The fourth-order valence-electron chi connectivity index (χ4n) is 3.86. The zero-order chi connectivity index (χ0) is 23.0. The van der Waals surface area contributed by atoms with Gasteiger partial charge >= 0.3 is 0 Å². The van der Waals surface area contributed by atoms with E-state index in [-0.39, 0.29) is 0 Å². The standard InChI is InChI=1S/C23H20FN5O3S/c1-31-18-3-2-16(24)22-15(18)8-14(10-25)29(22)7-6-26-21-9-17(27-13-28-21)19-4-5-20(33-19)23(30)11-32-12-23/h2-5,8-9,13,30H,6-7,11-12H2,1H3,(H,26,27,28). The topological polar surface area (TPSA) is 105 Å². The highest BCUT2D eigenvalue weighted by atomic mass is 32.1. The molecule has 168 valence electrons. The lowest BCUT2D eigenvalue weighted by molar-refractivity contribution is -0.182. The van der Waals surface area contributed by atoms with Crippen molar-refractivity contribution in [3.63, 3.8) is 0 Å². The van der Waals surface area contributed by atoms with Gasteiger partial charge in [0.05, 0.1) is 36.4 Å². The third kappa shape index (κ3) is 3.80. The van der Waals surface area contributed by atoms with Gasteiger partial charge in [-0.1, -0.05) is 0 Å². The van der Waals surface area contributed by atoms with Crippen LogP contribution in [-0.4, -0.2) is 46.5 Å². The summed E-state index contributed by atoms with van der Waals surface area (Å²) in [6.07, 6.45) is 1.47. The number of aliphatic hydroxyl groups is 1. The van der Waals surface area contributed by atoms with Crippen molar-refractivity contribution in [2.45, 2.75) is 12.1 Å². The van der Waals surface area contributed by atoms with Gasteiger partial charge in [0.15, 0.2) is 0 Å². The van der Waals surface area contributed by atoms with Gasteiger partial charge < -0.3 is 24.5 Å². The predicted molar refractivity (Wildman–Crippen MR) is 122 cm³/mol. The molecule has 0 unspecified atom stereocenters. The van der Waals surface area contributed by atoms with E-state index in [0.717, 1.165) is 15.4 Å². The van der Waals surface area contributed by atoms with Crippen molar-refractivity contribution in [3.8, 4) is 22.4 Å². The van der Waals surface area contributed by atoms with Crippen LogP contribution in [0.5, 0.6) is 5.75 Å². The summed E-state index contributed by atoms with van der Waals surface area (Å²) in [5.41, 5.74) is 0.502. The van der Waals surface area contributed by atoms with Gasteiger partial charge in [0, 0.05) is 29.4 Å². The van der Waals surface area contributed by atoms with E-state index < -0.39 is 11.4 Å². The Kier molecular flexibility index (Phi) is 5.46. The van der Waals surface area contributed by atoms with Crippen LogP contribution < -0.4 is 10.1 Å². The minimum absolute atomic E-state index is 0.300. The van der Waals surface area contributed by atoms with Crippen molar-refractivity contribution in [2.75, 3.05) is 32.2 Å². The molecule has 1 fully saturated rings. The van der Waals surface area contributed by atoms with Crippen LogP contribution in [0.2, 0.25) is 0 Å². The fourth-order valence-corrected chi connectivity index (χ4v) is 4.90. The third-order valence-electron chi connectivity index (χ3n) is 5.61. The van der Waals surface area contributed by atoms with E-state index in [4.69, 9.17) is 9.47 Å². The van der Waals surface area contributed by atoms with Crippen LogP contribution in [0.4, 0.5) is 10.2 Å². The lowest BCUT2D eigenvalue weighted by Gasteiger charge is -2.35. The molecular formula is C23H20FN5O3S. The van der Waals surface area contributed by atoms with Crippen molar-refractivity contribution in [3.05, 3.63) is 59.1 Å². The van der Waals surface area contributed by atoms with Crippen LogP contribution in [0.25, 0.3) is 21.5 Å². The van der Waals surface area contributed by atoms with Crippen LogP contribution >= 0.6 is 11.3 Å². The SMILES string of the molecule is COc1ccc(F)c2c1cc(C#N)n2CCNc1cc(-c2ccc(C3(O)COC3)s2)ncn1. The van der Waals surface area contributed by atoms with Gasteiger partial charge in [-0.2, -0.15) is 5.26 Å². The molecule has 1 aliphatic heterocycles. The quantitative estimate of drug-likeness (QED) is 0.430. The van der Waals surface area contributed by atoms with Crippen molar-refractivity contribution in [1.82, 2.24) is 14.5 Å². The molecule has 0 spiro atoms. The monoisotopic (exact) mass is 465 g/mol. The molecule has 5 rings (SSSR count). The molecule has 33 heavy (non-hydrogen) atoms. The number of ether oxygens (including phenoxy) is 2. The van der Waals surface area contributed by atoms with Gasteiger partial charge in [-0.3, -0.25) is 0 Å². The molecule has 1 aromatic carbocycles. The summed E-state index contributed by atoms with van der Waals surface area (Å²) in [7, 11) is 1.52. The van der Waals surface area contributed by atoms with E-state index in [1.165, 1.54) is 30.8 Å². The number of hydrogen-bond acceptors (Lipinski definition) is 8. The minimum atomic E-state index is -0.910. The number of halogens is 1. The first-order valence-corrected chi connectivity index (χ1v) is 11.1. The van der Waals surface area contributed by atoms with E-state index >= 15 is 0 Å². The summed E-state index contributed by atoms with van der Waals surface area (Å²) < 4.78 is 26.6. The third-order valence-corrected chi connectivity index (χ3v) is 6.91. The highest BCUT2D eigenvalue weighted by molar-refractivity contribution is 7.15. The Morgan fingerprint density at radius 1 is 1.30 bits per heavy atom. The molecule has 2 N–H and O–H groups in total. The number of benzene rings is 1. The second kappa shape index (κ2) is 8.44. The first kappa shape index (κ1) is 21.3. The molecule has 0 aliphatic carbocycles. The number of anilines is 1. The van der Waals surface area contributed by atoms with Gasteiger partial charge in [-0.25, -0.2) is 14.4 Å². The Labute approximate surface area is 192 Å². The van der Waals surface area contributed by atoms with Crippen LogP contribution in [-0.2, 0) is 16.9 Å². The van der Waals surface area contributed by atoms with E-state index in [1.807, 2.05) is 18.2 Å². The molecule has 0 bridgehead atoms. The van der Waals surface area contributed by atoms with Gasteiger partial charge in [-0.05, 0) is 30.3 Å². The number of rotatable bonds is 7. The molecule has 1 aliphatic rings. The molecule has 10 heteroatoms. The van der Waals surface area contributed by atoms with Crippen LogP contribution in [0.3, 0.4) is 0 Å². The second-order valence-corrected chi connectivity index (χ2v) is 8.79. The molecule has 4 aromatic rings. The summed E-state index contributed by atoms with van der Waals surface area (Å²) in [5.74, 6) is 0.709. The Bertz CT molecular complexity index is 1370. The largest absolute Gasteiger partial charge is 0.496 e. The number of aromatic nitrogens is 3. The number of nitrogens with one attached hydrogen (secondary N) is 1. The summed E-state index contributed by atoms with van der Waals surface area (Å²) in [5, 5.41) is 23.8. The number of nitriles is 1. The second-order valence-electron chi connectivity index (χ2n) is 7.71. The van der Waals surface area contributed by atoms with Gasteiger partial charge in [-0.15, -0.1) is 11.3 Å². The lowest BCUT2D eigenvalue weighted by Crippen LogP contribution is -2.45. The molecule has 0 radical (unpaired) electrons. The Morgan fingerprint density at radius 3 is 2.88 bits per heavy atom. The van der Waals surface area contributed by atoms with Gasteiger partial charge in [0.1, 0.15) is 41.1 Å². The van der Waals surface area contributed by atoms with E-state index in [0.29, 0.717) is 54.5 Å². The maximum absolute atomic E-state index is 14.6. The van der Waals surface area contributed by atoms with Crippen molar-refractivity contribution in [2.24, 2.45) is 0 Å². The lowest BCUT2D eigenvalue weighted by atomic mass is 10.0. The molecule has 8 nitrogen and oxygen atoms in total. The van der Waals surface area contributed by atoms with Gasteiger partial charge in [0.25, 0.3) is 0 Å². The summed E-state index contributed by atoms with van der Waals surface area (Å²) in [6, 6.07) is 12.3. The first-order chi connectivity index (χ1) is 16.0. The number of nitrogens with zero attached hydrogens (tertiary/aromatic N) is 4. The Balaban J connectivity index is 1.33. The number of thiophene rings is 1. The number of methoxy groups -OCH3 is 1. The van der Waals surface area contributed by atoms with Crippen LogP contribution in [0.15, 0.2) is 42.7 Å². The number of hydrogen-bond donors (Lipinski definition) is 2. The maximum atomic E-state index is 14.6. The molecule has 0 amide bonds. The maximum Gasteiger partial charge on any atom is 0.147 e. The Morgan fingerprint density at radius 2 is 2.15 bits per heavy atom. The smallest absolute Gasteiger partial charge is 0.147 e. The van der Waals surface area contributed by atoms with Gasteiger partial charge in [0.2, 0.25) is 0 Å². The molecule has 4 heterocycles. The normalized spacial score (nSPS) is 14.6. The molecule has 1 saturated heterocycles. The average molecular weight is 466 g/mol. The van der Waals surface area contributed by atoms with Crippen molar-refractivity contribution < 1.29 is 19.0 Å². The predicted octanol–water partition coefficient (Wildman–Crippen LogP) is 3.51. The molecule has 0 saturated carbocycles. The van der Waals surface area contributed by atoms with E-state index in [1.54, 1.807) is 16.7 Å². The minimum Gasteiger partial charge on any atom is -0.496 e. The zero-order valence-electron chi connectivity index (χ0n) is 17.7. The zero-order valence-corrected chi connectivity index (χ0v) is 18.5. The van der Waals surface area contributed by atoms with Crippen LogP contribution in [0.1, 0.15) is 10.6 Å². The average Bonchev–Trinajstić information content (AvgIpc) is 3.44.